The Morgan fingerprint density at radius 3 is 2.53 bits per heavy atom. The molecule has 0 atom stereocenters. The van der Waals surface area contributed by atoms with E-state index in [9.17, 15) is 0 Å². The van der Waals surface area contributed by atoms with Crippen LogP contribution in [0.2, 0.25) is 0 Å². The van der Waals surface area contributed by atoms with E-state index in [1.165, 1.54) is 5.56 Å². The molecule has 0 aliphatic heterocycles. The largest absolute Gasteiger partial charge is 0.393 e. The minimum atomic E-state index is -0.0640. The van der Waals surface area contributed by atoms with Crippen LogP contribution in [0.3, 0.4) is 0 Å². The standard InChI is InChI=1S/C14H21NOS/c1-14(2,13(15)17)9-6-10-16-11-12-7-4-3-5-8-12/h3-5,7-8H,6,9-11H2,1-2H3,(H2,15,17). The Kier molecular flexibility index (Phi) is 5.59. The fourth-order valence-corrected chi connectivity index (χ4v) is 1.61. The van der Waals surface area contributed by atoms with E-state index in [1.807, 2.05) is 18.2 Å². The van der Waals surface area contributed by atoms with Gasteiger partial charge < -0.3 is 10.5 Å². The SMILES string of the molecule is CC(C)(CCCOCc1ccccc1)C(N)=S. The predicted molar refractivity (Wildman–Crippen MR) is 75.9 cm³/mol. The summed E-state index contributed by atoms with van der Waals surface area (Å²) in [6, 6.07) is 10.2. The molecule has 0 bridgehead atoms. The van der Waals surface area contributed by atoms with Gasteiger partial charge >= 0.3 is 0 Å². The second-order valence-corrected chi connectivity index (χ2v) is 5.33. The van der Waals surface area contributed by atoms with Crippen molar-refractivity contribution in [2.24, 2.45) is 11.1 Å². The van der Waals surface area contributed by atoms with Crippen molar-refractivity contribution in [1.82, 2.24) is 0 Å². The van der Waals surface area contributed by atoms with Crippen LogP contribution in [0.5, 0.6) is 0 Å². The zero-order valence-electron chi connectivity index (χ0n) is 10.6. The molecule has 0 aliphatic rings. The molecule has 1 aromatic rings. The van der Waals surface area contributed by atoms with Gasteiger partial charge in [-0.3, -0.25) is 0 Å². The van der Waals surface area contributed by atoms with Crippen LogP contribution in [-0.4, -0.2) is 11.6 Å². The van der Waals surface area contributed by atoms with Crippen molar-refractivity contribution in [3.05, 3.63) is 35.9 Å². The second-order valence-electron chi connectivity index (χ2n) is 4.89. The topological polar surface area (TPSA) is 35.2 Å². The average Bonchev–Trinajstić information content (AvgIpc) is 2.29. The van der Waals surface area contributed by atoms with Crippen molar-refractivity contribution in [2.75, 3.05) is 6.61 Å². The first-order valence-corrected chi connectivity index (χ1v) is 6.35. The van der Waals surface area contributed by atoms with E-state index in [-0.39, 0.29) is 5.41 Å². The van der Waals surface area contributed by atoms with Crippen molar-refractivity contribution in [2.45, 2.75) is 33.3 Å². The molecule has 2 nitrogen and oxygen atoms in total. The van der Waals surface area contributed by atoms with Gasteiger partial charge in [0.1, 0.15) is 0 Å². The van der Waals surface area contributed by atoms with Crippen molar-refractivity contribution in [3.8, 4) is 0 Å². The smallest absolute Gasteiger partial charge is 0.0784 e. The lowest BCUT2D eigenvalue weighted by Gasteiger charge is -2.22. The number of thiocarbonyl (C=S) groups is 1. The van der Waals surface area contributed by atoms with Gasteiger partial charge in [0, 0.05) is 12.0 Å². The Morgan fingerprint density at radius 2 is 1.94 bits per heavy atom. The molecule has 0 saturated carbocycles. The van der Waals surface area contributed by atoms with Crippen molar-refractivity contribution < 1.29 is 4.74 Å². The van der Waals surface area contributed by atoms with Crippen molar-refractivity contribution in [1.29, 1.82) is 0 Å². The fraction of sp³-hybridized carbons (Fsp3) is 0.500. The van der Waals surface area contributed by atoms with Gasteiger partial charge in [-0.05, 0) is 18.4 Å². The normalized spacial score (nSPS) is 11.4. The lowest BCUT2D eigenvalue weighted by Crippen LogP contribution is -2.29. The predicted octanol–water partition coefficient (Wildman–Crippen LogP) is 3.30. The minimum Gasteiger partial charge on any atom is -0.393 e. The Bertz CT molecular complexity index is 348. The quantitative estimate of drug-likeness (QED) is 0.596. The molecule has 0 unspecified atom stereocenters. The molecule has 0 fully saturated rings. The van der Waals surface area contributed by atoms with E-state index in [4.69, 9.17) is 22.7 Å². The summed E-state index contributed by atoms with van der Waals surface area (Å²) in [6.45, 7) is 5.58. The first-order chi connectivity index (χ1) is 8.02. The van der Waals surface area contributed by atoms with Gasteiger partial charge in [-0.2, -0.15) is 0 Å². The third-order valence-corrected chi connectivity index (χ3v) is 3.42. The molecular weight excluding hydrogens is 230 g/mol. The average molecular weight is 251 g/mol. The molecule has 0 spiro atoms. The van der Waals surface area contributed by atoms with Crippen LogP contribution in [0.4, 0.5) is 0 Å². The number of benzene rings is 1. The molecule has 0 aromatic heterocycles. The van der Waals surface area contributed by atoms with E-state index in [0.29, 0.717) is 11.6 Å². The summed E-state index contributed by atoms with van der Waals surface area (Å²) in [5, 5.41) is 0. The van der Waals surface area contributed by atoms with Crippen LogP contribution in [0, 0.1) is 5.41 Å². The van der Waals surface area contributed by atoms with E-state index >= 15 is 0 Å². The lowest BCUT2D eigenvalue weighted by molar-refractivity contribution is 0.113. The molecule has 0 aliphatic carbocycles. The minimum absolute atomic E-state index is 0.0640. The van der Waals surface area contributed by atoms with E-state index in [1.54, 1.807) is 0 Å². The molecule has 94 valence electrons. The molecule has 1 aromatic carbocycles. The van der Waals surface area contributed by atoms with Gasteiger partial charge in [0.2, 0.25) is 0 Å². The third-order valence-electron chi connectivity index (χ3n) is 2.87. The molecule has 0 heterocycles. The lowest BCUT2D eigenvalue weighted by atomic mass is 9.88. The summed E-state index contributed by atoms with van der Waals surface area (Å²) in [7, 11) is 0. The summed E-state index contributed by atoms with van der Waals surface area (Å²) in [5.41, 5.74) is 6.81. The van der Waals surface area contributed by atoms with E-state index in [0.717, 1.165) is 19.4 Å². The molecular formula is C14H21NOS. The maximum Gasteiger partial charge on any atom is 0.0784 e. The number of nitrogens with two attached hydrogens (primary N) is 1. The van der Waals surface area contributed by atoms with E-state index in [2.05, 4.69) is 26.0 Å². The number of hydrogen-bond acceptors (Lipinski definition) is 2. The van der Waals surface area contributed by atoms with Crippen LogP contribution in [-0.2, 0) is 11.3 Å². The first-order valence-electron chi connectivity index (χ1n) is 5.94. The van der Waals surface area contributed by atoms with Gasteiger partial charge in [0.15, 0.2) is 0 Å². The molecule has 0 radical (unpaired) electrons. The molecule has 0 amide bonds. The third kappa shape index (κ3) is 5.29. The summed E-state index contributed by atoms with van der Waals surface area (Å²) in [4.78, 5) is 0.584. The molecule has 0 saturated heterocycles. The van der Waals surface area contributed by atoms with Crippen LogP contribution in [0.1, 0.15) is 32.3 Å². The molecule has 17 heavy (non-hydrogen) atoms. The Labute approximate surface area is 109 Å². The van der Waals surface area contributed by atoms with E-state index < -0.39 is 0 Å². The van der Waals surface area contributed by atoms with Gasteiger partial charge in [-0.1, -0.05) is 56.4 Å². The maximum atomic E-state index is 5.67. The number of hydrogen-bond donors (Lipinski definition) is 1. The molecule has 1 rings (SSSR count). The Hall–Kier alpha value is -0.930. The summed E-state index contributed by atoms with van der Waals surface area (Å²) in [6.07, 6.45) is 1.95. The van der Waals surface area contributed by atoms with Gasteiger partial charge in [0.05, 0.1) is 11.6 Å². The second kappa shape index (κ2) is 6.72. The maximum absolute atomic E-state index is 5.67. The van der Waals surface area contributed by atoms with Crippen LogP contribution >= 0.6 is 12.2 Å². The highest BCUT2D eigenvalue weighted by Crippen LogP contribution is 2.22. The monoisotopic (exact) mass is 251 g/mol. The summed E-state index contributed by atoms with van der Waals surface area (Å²) < 4.78 is 5.61. The summed E-state index contributed by atoms with van der Waals surface area (Å²) in [5.74, 6) is 0. The molecule has 3 heteroatoms. The van der Waals surface area contributed by atoms with Gasteiger partial charge in [0.25, 0.3) is 0 Å². The Morgan fingerprint density at radius 1 is 1.29 bits per heavy atom. The van der Waals surface area contributed by atoms with Gasteiger partial charge in [-0.15, -0.1) is 0 Å². The van der Waals surface area contributed by atoms with Gasteiger partial charge in [-0.25, -0.2) is 0 Å². The number of rotatable bonds is 7. The zero-order valence-corrected chi connectivity index (χ0v) is 11.4. The highest BCUT2D eigenvalue weighted by atomic mass is 32.1. The fourth-order valence-electron chi connectivity index (χ4n) is 1.50. The van der Waals surface area contributed by atoms with Crippen molar-refractivity contribution in [3.63, 3.8) is 0 Å². The van der Waals surface area contributed by atoms with Crippen LogP contribution < -0.4 is 5.73 Å². The van der Waals surface area contributed by atoms with Crippen LogP contribution in [0.15, 0.2) is 30.3 Å². The molecule has 2 N–H and O–H groups in total. The first kappa shape index (κ1) is 14.1. The number of ether oxygens (including phenoxy) is 1. The van der Waals surface area contributed by atoms with Crippen LogP contribution in [0.25, 0.3) is 0 Å². The van der Waals surface area contributed by atoms with Crippen molar-refractivity contribution >= 4 is 17.2 Å². The Balaban J connectivity index is 2.15. The summed E-state index contributed by atoms with van der Waals surface area (Å²) >= 11 is 5.02. The highest BCUT2D eigenvalue weighted by molar-refractivity contribution is 7.80. The highest BCUT2D eigenvalue weighted by Gasteiger charge is 2.20. The zero-order chi connectivity index (χ0) is 12.7.